The molecule has 1 aromatic rings. The third kappa shape index (κ3) is 3.01. The van der Waals surface area contributed by atoms with Gasteiger partial charge in [-0.05, 0) is 51.0 Å². The average Bonchev–Trinajstić information content (AvgIpc) is 2.72. The molecule has 0 N–H and O–H groups in total. The van der Waals surface area contributed by atoms with Gasteiger partial charge in [-0.1, -0.05) is 22.0 Å². The summed E-state index contributed by atoms with van der Waals surface area (Å²) >= 11 is 3.51. The van der Waals surface area contributed by atoms with Crippen molar-refractivity contribution < 1.29 is 0 Å². The molecule has 102 valence electrons. The van der Waals surface area contributed by atoms with Crippen molar-refractivity contribution in [1.82, 2.24) is 4.90 Å². The summed E-state index contributed by atoms with van der Waals surface area (Å²) in [5, 5.41) is 9.44. The molecule has 2 rings (SSSR count). The molecule has 1 heterocycles. The maximum atomic E-state index is 9.44. The first-order valence-electron chi connectivity index (χ1n) is 6.73. The molecule has 3 heteroatoms. The van der Waals surface area contributed by atoms with Gasteiger partial charge in [0.05, 0.1) is 12.0 Å². The van der Waals surface area contributed by atoms with E-state index in [9.17, 15) is 5.26 Å². The van der Waals surface area contributed by atoms with Crippen LogP contribution in [0.25, 0.3) is 0 Å². The summed E-state index contributed by atoms with van der Waals surface area (Å²) in [7, 11) is 0. The van der Waals surface area contributed by atoms with Crippen LogP contribution in [-0.4, -0.2) is 23.5 Å². The normalized spacial score (nSPS) is 24.4. The van der Waals surface area contributed by atoms with Gasteiger partial charge in [-0.3, -0.25) is 4.90 Å². The molecule has 1 aromatic carbocycles. The fourth-order valence-electron chi connectivity index (χ4n) is 2.85. The fraction of sp³-hybridized carbons (Fsp3) is 0.562. The molecule has 19 heavy (non-hydrogen) atoms. The largest absolute Gasteiger partial charge is 0.297 e. The number of rotatable bonds is 1. The number of nitriles is 1. The molecule has 0 saturated carbocycles. The third-order valence-corrected chi connectivity index (χ3v) is 4.56. The van der Waals surface area contributed by atoms with Crippen LogP contribution in [0.15, 0.2) is 22.7 Å². The van der Waals surface area contributed by atoms with Gasteiger partial charge in [0.1, 0.15) is 0 Å². The van der Waals surface area contributed by atoms with E-state index < -0.39 is 0 Å². The van der Waals surface area contributed by atoms with E-state index in [0.717, 1.165) is 17.6 Å². The number of benzene rings is 1. The first-order chi connectivity index (χ1) is 8.82. The summed E-state index contributed by atoms with van der Waals surface area (Å²) in [6.45, 7) is 10.6. The highest BCUT2D eigenvalue weighted by atomic mass is 79.9. The highest BCUT2D eigenvalue weighted by Gasteiger charge is 2.38. The molecule has 0 aromatic heterocycles. The van der Waals surface area contributed by atoms with Gasteiger partial charge in [0.2, 0.25) is 0 Å². The van der Waals surface area contributed by atoms with Crippen molar-refractivity contribution in [2.75, 3.05) is 13.1 Å². The standard InChI is InChI=1S/C16H21BrN2/c1-11-7-13(17)5-6-14(11)15-10-19(16(2,3)4)9-12(15)8-18/h5-7,12,15H,9-10H2,1-4H3/t12-,15-/m0/s1. The van der Waals surface area contributed by atoms with Gasteiger partial charge in [-0.2, -0.15) is 5.26 Å². The van der Waals surface area contributed by atoms with E-state index in [4.69, 9.17) is 0 Å². The molecule has 1 aliphatic rings. The van der Waals surface area contributed by atoms with Gasteiger partial charge < -0.3 is 0 Å². The lowest BCUT2D eigenvalue weighted by Gasteiger charge is -2.31. The Balaban J connectivity index is 2.31. The first-order valence-corrected chi connectivity index (χ1v) is 7.53. The number of likely N-dealkylation sites (tertiary alicyclic amines) is 1. The van der Waals surface area contributed by atoms with Crippen LogP contribution in [-0.2, 0) is 0 Å². The molecule has 2 nitrogen and oxygen atoms in total. The van der Waals surface area contributed by atoms with Gasteiger partial charge in [-0.25, -0.2) is 0 Å². The molecular formula is C16H21BrN2. The molecule has 1 saturated heterocycles. The van der Waals surface area contributed by atoms with E-state index in [2.05, 4.69) is 72.8 Å². The van der Waals surface area contributed by atoms with Crippen molar-refractivity contribution in [3.63, 3.8) is 0 Å². The minimum absolute atomic E-state index is 0.0964. The zero-order valence-corrected chi connectivity index (χ0v) is 13.7. The molecule has 0 unspecified atom stereocenters. The van der Waals surface area contributed by atoms with Crippen molar-refractivity contribution in [3.8, 4) is 6.07 Å². The monoisotopic (exact) mass is 320 g/mol. The highest BCUT2D eigenvalue weighted by Crippen LogP contribution is 2.37. The average molecular weight is 321 g/mol. The lowest BCUT2D eigenvalue weighted by molar-refractivity contribution is 0.170. The number of aryl methyl sites for hydroxylation is 1. The Morgan fingerprint density at radius 2 is 2.00 bits per heavy atom. The summed E-state index contributed by atoms with van der Waals surface area (Å²) in [6.07, 6.45) is 0. The molecule has 0 aliphatic carbocycles. The van der Waals surface area contributed by atoms with E-state index in [1.54, 1.807) is 0 Å². The van der Waals surface area contributed by atoms with E-state index in [1.807, 2.05) is 0 Å². The Morgan fingerprint density at radius 1 is 1.32 bits per heavy atom. The molecular weight excluding hydrogens is 300 g/mol. The molecule has 0 amide bonds. The van der Waals surface area contributed by atoms with Gasteiger partial charge in [0.25, 0.3) is 0 Å². The minimum atomic E-state index is 0.0964. The van der Waals surface area contributed by atoms with Crippen molar-refractivity contribution in [2.45, 2.75) is 39.2 Å². The molecule has 0 radical (unpaired) electrons. The van der Waals surface area contributed by atoms with Crippen LogP contribution in [0, 0.1) is 24.2 Å². The smallest absolute Gasteiger partial charge is 0.0676 e. The number of nitrogens with zero attached hydrogens (tertiary/aromatic N) is 2. The Labute approximate surface area is 124 Å². The van der Waals surface area contributed by atoms with Crippen LogP contribution in [0.4, 0.5) is 0 Å². The van der Waals surface area contributed by atoms with Crippen LogP contribution >= 0.6 is 15.9 Å². The Hall–Kier alpha value is -0.850. The number of hydrogen-bond acceptors (Lipinski definition) is 2. The predicted molar refractivity (Wildman–Crippen MR) is 82.0 cm³/mol. The molecule has 1 fully saturated rings. The highest BCUT2D eigenvalue weighted by molar-refractivity contribution is 9.10. The first kappa shape index (κ1) is 14.6. The molecule has 1 aliphatic heterocycles. The summed E-state index contributed by atoms with van der Waals surface area (Å²) in [5.41, 5.74) is 2.73. The number of hydrogen-bond donors (Lipinski definition) is 0. The molecule has 0 spiro atoms. The fourth-order valence-corrected chi connectivity index (χ4v) is 3.33. The lowest BCUT2D eigenvalue weighted by atomic mass is 9.87. The lowest BCUT2D eigenvalue weighted by Crippen LogP contribution is -2.39. The molecule has 2 atom stereocenters. The van der Waals surface area contributed by atoms with Crippen LogP contribution in [0.2, 0.25) is 0 Å². The Bertz CT molecular complexity index is 510. The maximum absolute atomic E-state index is 9.44. The zero-order chi connectivity index (χ0) is 14.2. The van der Waals surface area contributed by atoms with Crippen molar-refractivity contribution in [2.24, 2.45) is 5.92 Å². The quantitative estimate of drug-likeness (QED) is 0.779. The van der Waals surface area contributed by atoms with Crippen molar-refractivity contribution in [3.05, 3.63) is 33.8 Å². The second-order valence-electron chi connectivity index (χ2n) is 6.42. The summed E-state index contributed by atoms with van der Waals surface area (Å²) in [5.74, 6) is 0.427. The van der Waals surface area contributed by atoms with Crippen LogP contribution in [0.3, 0.4) is 0 Å². The SMILES string of the molecule is Cc1cc(Br)ccc1[C@H]1CN(C(C)(C)C)C[C@@H]1C#N. The predicted octanol–water partition coefficient (Wildman–Crippen LogP) is 4.10. The van der Waals surface area contributed by atoms with Gasteiger partial charge >= 0.3 is 0 Å². The topological polar surface area (TPSA) is 27.0 Å². The summed E-state index contributed by atoms with van der Waals surface area (Å²) < 4.78 is 1.10. The van der Waals surface area contributed by atoms with E-state index in [1.165, 1.54) is 11.1 Å². The third-order valence-electron chi connectivity index (χ3n) is 4.07. The van der Waals surface area contributed by atoms with Gasteiger partial charge in [-0.15, -0.1) is 0 Å². The van der Waals surface area contributed by atoms with Gasteiger partial charge in [0, 0.05) is 29.0 Å². The molecule has 0 bridgehead atoms. The van der Waals surface area contributed by atoms with Crippen LogP contribution < -0.4 is 0 Å². The van der Waals surface area contributed by atoms with Gasteiger partial charge in [0.15, 0.2) is 0 Å². The second kappa shape index (κ2) is 5.26. The van der Waals surface area contributed by atoms with Crippen LogP contribution in [0.5, 0.6) is 0 Å². The Kier molecular flexibility index (Phi) is 4.03. The zero-order valence-electron chi connectivity index (χ0n) is 12.1. The van der Waals surface area contributed by atoms with E-state index in [0.29, 0.717) is 5.92 Å². The summed E-state index contributed by atoms with van der Waals surface area (Å²) in [6, 6.07) is 8.89. The second-order valence-corrected chi connectivity index (χ2v) is 7.33. The van der Waals surface area contributed by atoms with E-state index in [-0.39, 0.29) is 11.5 Å². The number of halogens is 1. The summed E-state index contributed by atoms with van der Waals surface area (Å²) in [4.78, 5) is 2.42. The van der Waals surface area contributed by atoms with Crippen molar-refractivity contribution in [1.29, 1.82) is 5.26 Å². The van der Waals surface area contributed by atoms with Crippen molar-refractivity contribution >= 4 is 15.9 Å². The van der Waals surface area contributed by atoms with Crippen LogP contribution in [0.1, 0.15) is 37.8 Å². The minimum Gasteiger partial charge on any atom is -0.297 e. The van der Waals surface area contributed by atoms with E-state index >= 15 is 0 Å². The Morgan fingerprint density at radius 3 is 2.53 bits per heavy atom. The maximum Gasteiger partial charge on any atom is 0.0676 e.